The molecule has 0 aliphatic rings. The third kappa shape index (κ3) is 5.33. The zero-order valence-corrected chi connectivity index (χ0v) is 18.5. The summed E-state index contributed by atoms with van der Waals surface area (Å²) in [6.07, 6.45) is 3.61. The Morgan fingerprint density at radius 2 is 1.00 bits per heavy atom. The highest BCUT2D eigenvalue weighted by atomic mass is 16.6. The highest BCUT2D eigenvalue weighted by Crippen LogP contribution is 2.26. The van der Waals surface area contributed by atoms with E-state index in [-0.39, 0.29) is 0 Å². The molecule has 166 valence electrons. The lowest BCUT2D eigenvalue weighted by molar-refractivity contribution is 0.0276. The van der Waals surface area contributed by atoms with Crippen LogP contribution in [0.25, 0.3) is 21.8 Å². The normalized spacial score (nSPS) is 11.2. The van der Waals surface area contributed by atoms with Gasteiger partial charge in [0.1, 0.15) is 35.7 Å². The molecule has 0 radical (unpaired) electrons. The lowest BCUT2D eigenvalue weighted by Gasteiger charge is -2.11. The maximum Gasteiger partial charge on any atom is 0.145 e. The maximum atomic E-state index is 5.86. The standard InChI is InChI=1S/C26H28N2O4/c1-19-9-11-27-25-21(19)5-3-7-23(25)31-17-15-29-13-14-30-16-18-32-24-8-4-6-22-20(2)10-12-28-26(22)24/h3-12H,13-18H2,1-2H3. The monoisotopic (exact) mass is 432 g/mol. The number of para-hydroxylation sites is 2. The minimum atomic E-state index is 0.464. The molecule has 0 bridgehead atoms. The van der Waals surface area contributed by atoms with E-state index in [0.29, 0.717) is 39.6 Å². The summed E-state index contributed by atoms with van der Waals surface area (Å²) in [7, 11) is 0. The largest absolute Gasteiger partial charge is 0.489 e. The quantitative estimate of drug-likeness (QED) is 0.315. The van der Waals surface area contributed by atoms with Crippen LogP contribution in [-0.2, 0) is 9.47 Å². The van der Waals surface area contributed by atoms with Gasteiger partial charge in [0.15, 0.2) is 0 Å². The van der Waals surface area contributed by atoms with Crippen LogP contribution in [0, 0.1) is 13.8 Å². The van der Waals surface area contributed by atoms with Gasteiger partial charge >= 0.3 is 0 Å². The van der Waals surface area contributed by atoms with Crippen LogP contribution >= 0.6 is 0 Å². The molecule has 32 heavy (non-hydrogen) atoms. The molecule has 0 aliphatic carbocycles. The van der Waals surface area contributed by atoms with Crippen molar-refractivity contribution >= 4 is 21.8 Å². The molecule has 0 amide bonds. The number of hydrogen-bond donors (Lipinski definition) is 0. The van der Waals surface area contributed by atoms with Crippen molar-refractivity contribution in [2.75, 3.05) is 39.6 Å². The fourth-order valence-electron chi connectivity index (χ4n) is 3.55. The Morgan fingerprint density at radius 3 is 1.47 bits per heavy atom. The van der Waals surface area contributed by atoms with Gasteiger partial charge in [0.05, 0.1) is 26.4 Å². The summed E-state index contributed by atoms with van der Waals surface area (Å²) in [6, 6.07) is 16.0. The van der Waals surface area contributed by atoms with E-state index in [1.807, 2.05) is 36.4 Å². The zero-order chi connectivity index (χ0) is 22.2. The number of aromatic nitrogens is 2. The third-order valence-corrected chi connectivity index (χ3v) is 5.25. The number of fused-ring (bicyclic) bond motifs is 2. The first-order chi connectivity index (χ1) is 15.7. The Hall–Kier alpha value is -3.22. The first kappa shape index (κ1) is 22.0. The van der Waals surface area contributed by atoms with Crippen LogP contribution < -0.4 is 9.47 Å². The molecule has 0 aliphatic heterocycles. The fourth-order valence-corrected chi connectivity index (χ4v) is 3.55. The molecular formula is C26H28N2O4. The zero-order valence-electron chi connectivity index (χ0n) is 18.5. The summed E-state index contributed by atoms with van der Waals surface area (Å²) < 4.78 is 22.9. The molecule has 0 saturated heterocycles. The molecule has 2 aromatic heterocycles. The number of nitrogens with zero attached hydrogens (tertiary/aromatic N) is 2. The van der Waals surface area contributed by atoms with Gasteiger partial charge in [-0.1, -0.05) is 24.3 Å². The summed E-state index contributed by atoms with van der Waals surface area (Å²) in [5.41, 5.74) is 4.13. The first-order valence-corrected chi connectivity index (χ1v) is 10.8. The third-order valence-electron chi connectivity index (χ3n) is 5.25. The van der Waals surface area contributed by atoms with Crippen LogP contribution in [0.15, 0.2) is 60.9 Å². The number of ether oxygens (including phenoxy) is 4. The molecule has 0 fully saturated rings. The van der Waals surface area contributed by atoms with Crippen LogP contribution in [0.1, 0.15) is 11.1 Å². The van der Waals surface area contributed by atoms with Gasteiger partial charge in [-0.05, 0) is 49.2 Å². The van der Waals surface area contributed by atoms with Crippen molar-refractivity contribution < 1.29 is 18.9 Å². The van der Waals surface area contributed by atoms with Gasteiger partial charge in [0.2, 0.25) is 0 Å². The summed E-state index contributed by atoms with van der Waals surface area (Å²) in [4.78, 5) is 8.88. The van der Waals surface area contributed by atoms with Crippen molar-refractivity contribution in [2.24, 2.45) is 0 Å². The Balaban J connectivity index is 1.11. The second-order valence-corrected chi connectivity index (χ2v) is 7.48. The smallest absolute Gasteiger partial charge is 0.145 e. The fraction of sp³-hybridized carbons (Fsp3) is 0.308. The van der Waals surface area contributed by atoms with E-state index in [2.05, 4.69) is 35.9 Å². The number of pyridine rings is 2. The average Bonchev–Trinajstić information content (AvgIpc) is 2.81. The van der Waals surface area contributed by atoms with Crippen molar-refractivity contribution in [3.8, 4) is 11.5 Å². The maximum absolute atomic E-state index is 5.86. The summed E-state index contributed by atoms with van der Waals surface area (Å²) in [5, 5.41) is 2.21. The SMILES string of the molecule is Cc1ccnc2c(OCCOCCOCCOc3cccc4c(C)ccnc34)cccc12. The molecule has 2 heterocycles. The van der Waals surface area contributed by atoms with Crippen LogP contribution in [-0.4, -0.2) is 49.6 Å². The lowest BCUT2D eigenvalue weighted by atomic mass is 10.1. The first-order valence-electron chi connectivity index (χ1n) is 10.8. The highest BCUT2D eigenvalue weighted by molar-refractivity contribution is 5.87. The summed E-state index contributed by atoms with van der Waals surface area (Å²) in [5.74, 6) is 1.56. The van der Waals surface area contributed by atoms with Gasteiger partial charge in [-0.2, -0.15) is 0 Å². The van der Waals surface area contributed by atoms with E-state index in [4.69, 9.17) is 18.9 Å². The highest BCUT2D eigenvalue weighted by Gasteiger charge is 2.06. The van der Waals surface area contributed by atoms with E-state index in [1.165, 1.54) is 11.1 Å². The number of benzene rings is 2. The van der Waals surface area contributed by atoms with Crippen molar-refractivity contribution in [2.45, 2.75) is 13.8 Å². The average molecular weight is 433 g/mol. The Kier molecular flexibility index (Phi) is 7.48. The van der Waals surface area contributed by atoms with E-state index >= 15 is 0 Å². The Morgan fingerprint density at radius 1 is 0.562 bits per heavy atom. The molecule has 2 aromatic carbocycles. The molecule has 0 N–H and O–H groups in total. The van der Waals surface area contributed by atoms with Gasteiger partial charge in [0, 0.05) is 23.2 Å². The van der Waals surface area contributed by atoms with E-state index in [9.17, 15) is 0 Å². The summed E-state index contributed by atoms with van der Waals surface area (Å²) >= 11 is 0. The molecule has 0 saturated carbocycles. The van der Waals surface area contributed by atoms with Crippen molar-refractivity contribution in [3.05, 3.63) is 72.1 Å². The molecule has 4 rings (SSSR count). The van der Waals surface area contributed by atoms with Gasteiger partial charge in [0.25, 0.3) is 0 Å². The minimum absolute atomic E-state index is 0.464. The topological polar surface area (TPSA) is 62.7 Å². The second kappa shape index (κ2) is 10.9. The minimum Gasteiger partial charge on any atom is -0.489 e. The van der Waals surface area contributed by atoms with Crippen molar-refractivity contribution in [3.63, 3.8) is 0 Å². The molecular weight excluding hydrogens is 404 g/mol. The van der Waals surface area contributed by atoms with Gasteiger partial charge in [-0.3, -0.25) is 9.97 Å². The van der Waals surface area contributed by atoms with Crippen LogP contribution in [0.3, 0.4) is 0 Å². The summed E-state index contributed by atoms with van der Waals surface area (Å²) in [6.45, 7) is 7.06. The van der Waals surface area contributed by atoms with Crippen LogP contribution in [0.4, 0.5) is 0 Å². The van der Waals surface area contributed by atoms with Crippen LogP contribution in [0.2, 0.25) is 0 Å². The predicted molar refractivity (Wildman–Crippen MR) is 126 cm³/mol. The molecule has 0 unspecified atom stereocenters. The van der Waals surface area contributed by atoms with Crippen molar-refractivity contribution in [1.29, 1.82) is 0 Å². The van der Waals surface area contributed by atoms with Gasteiger partial charge in [-0.15, -0.1) is 0 Å². The van der Waals surface area contributed by atoms with Gasteiger partial charge < -0.3 is 18.9 Å². The molecule has 4 aromatic rings. The molecule has 6 nitrogen and oxygen atoms in total. The molecule has 6 heteroatoms. The van der Waals surface area contributed by atoms with E-state index in [0.717, 1.165) is 33.3 Å². The Labute approximate surface area is 188 Å². The van der Waals surface area contributed by atoms with E-state index in [1.54, 1.807) is 12.4 Å². The lowest BCUT2D eigenvalue weighted by Crippen LogP contribution is -2.13. The van der Waals surface area contributed by atoms with Crippen LogP contribution in [0.5, 0.6) is 11.5 Å². The number of aryl methyl sites for hydroxylation is 2. The number of hydrogen-bond acceptors (Lipinski definition) is 6. The predicted octanol–water partition coefficient (Wildman–Crippen LogP) is 4.89. The van der Waals surface area contributed by atoms with E-state index < -0.39 is 0 Å². The Bertz CT molecular complexity index is 1090. The number of rotatable bonds is 11. The molecule has 0 spiro atoms. The second-order valence-electron chi connectivity index (χ2n) is 7.48. The molecule has 0 atom stereocenters. The van der Waals surface area contributed by atoms with Crippen molar-refractivity contribution in [1.82, 2.24) is 9.97 Å². The van der Waals surface area contributed by atoms with Gasteiger partial charge in [-0.25, -0.2) is 0 Å².